The van der Waals surface area contributed by atoms with Crippen molar-refractivity contribution in [3.63, 3.8) is 0 Å². The molecule has 0 aliphatic rings. The zero-order chi connectivity index (χ0) is 18.7. The standard InChI is InChI=1S/C11H17N2O10P/c1-5-2-13(11(19)12-8(5)16)3-6(14)7(15)4-23-10(9(17)18)24(20,21)22/h2,6-7,10,14-15H,3-4H2,1H3,(H,17,18)(H,12,16,19)(H2,20,21,22)/t6-,7+,10?/m1/s1. The van der Waals surface area contributed by atoms with E-state index >= 15 is 0 Å². The van der Waals surface area contributed by atoms with Crippen LogP contribution in [-0.2, 0) is 20.6 Å². The zero-order valence-electron chi connectivity index (χ0n) is 12.4. The number of carboxylic acid groups (broad SMARTS) is 1. The molecule has 0 aliphatic carbocycles. The number of carbonyl (C=O) groups is 1. The monoisotopic (exact) mass is 368 g/mol. The number of aromatic amines is 1. The SMILES string of the molecule is Cc1cn(C[C@@H](O)[C@@H](O)COC(C(=O)O)P(=O)(O)O)c(=O)[nH]c1=O. The van der Waals surface area contributed by atoms with Gasteiger partial charge in [0.15, 0.2) is 0 Å². The summed E-state index contributed by atoms with van der Waals surface area (Å²) in [6.07, 6.45) is -2.22. The van der Waals surface area contributed by atoms with Crippen LogP contribution in [-0.4, -0.2) is 65.3 Å². The number of carboxylic acids is 1. The number of hydrogen-bond acceptors (Lipinski definition) is 7. The molecule has 3 atom stereocenters. The van der Waals surface area contributed by atoms with Gasteiger partial charge in [-0.25, -0.2) is 9.59 Å². The van der Waals surface area contributed by atoms with Crippen LogP contribution in [0.25, 0.3) is 0 Å². The number of hydrogen-bond donors (Lipinski definition) is 6. The Balaban J connectivity index is 2.75. The van der Waals surface area contributed by atoms with Gasteiger partial charge in [-0.2, -0.15) is 0 Å². The largest absolute Gasteiger partial charge is 0.479 e. The molecule has 1 unspecified atom stereocenters. The molecule has 0 saturated carbocycles. The molecule has 0 spiro atoms. The van der Waals surface area contributed by atoms with Gasteiger partial charge in [-0.15, -0.1) is 0 Å². The molecule has 0 aliphatic heterocycles. The summed E-state index contributed by atoms with van der Waals surface area (Å²) in [5, 5.41) is 28.1. The number of rotatable bonds is 8. The van der Waals surface area contributed by atoms with Gasteiger partial charge >= 0.3 is 19.3 Å². The van der Waals surface area contributed by atoms with Crippen molar-refractivity contribution in [2.75, 3.05) is 6.61 Å². The lowest BCUT2D eigenvalue weighted by Gasteiger charge is -2.21. The molecule has 13 heteroatoms. The van der Waals surface area contributed by atoms with Crippen LogP contribution < -0.4 is 11.2 Å². The second kappa shape index (κ2) is 7.83. The van der Waals surface area contributed by atoms with Gasteiger partial charge in [0.2, 0.25) is 0 Å². The molecular weight excluding hydrogens is 351 g/mol. The first kappa shape index (κ1) is 20.2. The molecule has 0 saturated heterocycles. The average Bonchev–Trinajstić information content (AvgIpc) is 2.42. The first-order valence-electron chi connectivity index (χ1n) is 6.49. The fourth-order valence-corrected chi connectivity index (χ4v) is 2.26. The highest BCUT2D eigenvalue weighted by Gasteiger charge is 2.37. The van der Waals surface area contributed by atoms with Crippen LogP contribution in [0.1, 0.15) is 5.56 Å². The molecule has 0 fully saturated rings. The number of H-pyrrole nitrogens is 1. The molecule has 6 N–H and O–H groups in total. The summed E-state index contributed by atoms with van der Waals surface area (Å²) < 4.78 is 16.3. The van der Waals surface area contributed by atoms with Crippen molar-refractivity contribution < 1.29 is 39.2 Å². The number of nitrogens with zero attached hydrogens (tertiary/aromatic N) is 1. The Morgan fingerprint density at radius 1 is 1.33 bits per heavy atom. The number of aliphatic hydroxyl groups excluding tert-OH is 2. The highest BCUT2D eigenvalue weighted by atomic mass is 31.2. The van der Waals surface area contributed by atoms with Gasteiger partial charge in [0.1, 0.15) is 12.2 Å². The third-order valence-electron chi connectivity index (χ3n) is 2.96. The smallest absolute Gasteiger partial charge is 0.365 e. The normalized spacial score (nSPS) is 15.7. The van der Waals surface area contributed by atoms with Crippen LogP contribution in [0.5, 0.6) is 0 Å². The molecule has 0 amide bonds. The van der Waals surface area contributed by atoms with Crippen LogP contribution in [0.3, 0.4) is 0 Å². The molecule has 0 radical (unpaired) electrons. The first-order valence-corrected chi connectivity index (χ1v) is 8.17. The minimum Gasteiger partial charge on any atom is -0.479 e. The van der Waals surface area contributed by atoms with E-state index in [-0.39, 0.29) is 5.56 Å². The van der Waals surface area contributed by atoms with Crippen molar-refractivity contribution in [1.29, 1.82) is 0 Å². The molecule has 1 heterocycles. The van der Waals surface area contributed by atoms with E-state index in [1.807, 2.05) is 4.98 Å². The molecule has 1 aromatic heterocycles. The van der Waals surface area contributed by atoms with Crippen LogP contribution in [0, 0.1) is 6.92 Å². The third-order valence-corrected chi connectivity index (χ3v) is 3.94. The zero-order valence-corrected chi connectivity index (χ0v) is 13.3. The van der Waals surface area contributed by atoms with Gasteiger partial charge < -0.3 is 29.8 Å². The van der Waals surface area contributed by atoms with Crippen molar-refractivity contribution in [3.8, 4) is 0 Å². The lowest BCUT2D eigenvalue weighted by molar-refractivity contribution is -0.148. The summed E-state index contributed by atoms with van der Waals surface area (Å²) >= 11 is 0. The average molecular weight is 368 g/mol. The number of aliphatic hydroxyl groups is 2. The molecule has 1 rings (SSSR count). The molecule has 1 aromatic rings. The molecule has 24 heavy (non-hydrogen) atoms. The van der Waals surface area contributed by atoms with E-state index in [1.54, 1.807) is 0 Å². The van der Waals surface area contributed by atoms with Gasteiger partial charge in [-0.05, 0) is 6.92 Å². The summed E-state index contributed by atoms with van der Waals surface area (Å²) in [4.78, 5) is 53.1. The van der Waals surface area contributed by atoms with E-state index in [9.17, 15) is 29.2 Å². The van der Waals surface area contributed by atoms with Crippen LogP contribution in [0.2, 0.25) is 0 Å². The molecule has 12 nitrogen and oxygen atoms in total. The lowest BCUT2D eigenvalue weighted by atomic mass is 10.2. The first-order chi connectivity index (χ1) is 10.9. The molecule has 0 bridgehead atoms. The quantitative estimate of drug-likeness (QED) is 0.260. The number of aryl methyl sites for hydroxylation is 1. The van der Waals surface area contributed by atoms with E-state index in [2.05, 4.69) is 4.74 Å². The Kier molecular flexibility index (Phi) is 6.60. The highest BCUT2D eigenvalue weighted by Crippen LogP contribution is 2.41. The minimum atomic E-state index is -5.11. The minimum absolute atomic E-state index is 0.181. The van der Waals surface area contributed by atoms with Gasteiger partial charge in [-0.1, -0.05) is 0 Å². The summed E-state index contributed by atoms with van der Waals surface area (Å²) in [7, 11) is -5.11. The van der Waals surface area contributed by atoms with Gasteiger partial charge in [0, 0.05) is 11.8 Å². The number of nitrogens with one attached hydrogen (secondary N) is 1. The Morgan fingerprint density at radius 3 is 2.42 bits per heavy atom. The summed E-state index contributed by atoms with van der Waals surface area (Å²) in [6, 6.07) is 0. The number of aliphatic carboxylic acids is 1. The Labute approximate surface area is 134 Å². The summed E-state index contributed by atoms with van der Waals surface area (Å²) in [5.74, 6) is -4.42. The Hall–Kier alpha value is -1.82. The van der Waals surface area contributed by atoms with E-state index in [0.29, 0.717) is 0 Å². The van der Waals surface area contributed by atoms with Gasteiger partial charge in [-0.3, -0.25) is 18.9 Å². The van der Waals surface area contributed by atoms with Gasteiger partial charge in [0.25, 0.3) is 11.4 Å². The van der Waals surface area contributed by atoms with E-state index in [1.165, 1.54) is 6.92 Å². The maximum absolute atomic E-state index is 11.5. The summed E-state index contributed by atoms with van der Waals surface area (Å²) in [5.41, 5.74) is -1.27. The van der Waals surface area contributed by atoms with Gasteiger partial charge in [0.05, 0.1) is 13.2 Å². The fraction of sp³-hybridized carbons (Fsp3) is 0.545. The van der Waals surface area contributed by atoms with E-state index in [0.717, 1.165) is 10.8 Å². The molecule has 136 valence electrons. The van der Waals surface area contributed by atoms with Crippen LogP contribution in [0.15, 0.2) is 15.8 Å². The van der Waals surface area contributed by atoms with Crippen molar-refractivity contribution >= 4 is 13.6 Å². The van der Waals surface area contributed by atoms with Crippen molar-refractivity contribution in [2.24, 2.45) is 0 Å². The highest BCUT2D eigenvalue weighted by molar-refractivity contribution is 7.53. The second-order valence-corrected chi connectivity index (χ2v) is 6.62. The third kappa shape index (κ3) is 5.37. The van der Waals surface area contributed by atoms with E-state index in [4.69, 9.17) is 14.9 Å². The summed E-state index contributed by atoms with van der Waals surface area (Å²) in [6.45, 7) is 0.0488. The predicted molar refractivity (Wildman–Crippen MR) is 77.5 cm³/mol. The second-order valence-electron chi connectivity index (χ2n) is 4.97. The molecular formula is C11H17N2O10P. The fourth-order valence-electron chi connectivity index (χ4n) is 1.69. The van der Waals surface area contributed by atoms with E-state index < -0.39 is 56.0 Å². The van der Waals surface area contributed by atoms with Crippen molar-refractivity contribution in [1.82, 2.24) is 9.55 Å². The Morgan fingerprint density at radius 2 is 1.92 bits per heavy atom. The maximum atomic E-state index is 11.5. The predicted octanol–water partition coefficient (Wildman–Crippen LogP) is -2.83. The topological polar surface area (TPSA) is 199 Å². The Bertz CT molecular complexity index is 750. The molecule has 0 aromatic carbocycles. The number of aromatic nitrogens is 2. The van der Waals surface area contributed by atoms with Crippen LogP contribution >= 0.6 is 7.60 Å². The van der Waals surface area contributed by atoms with Crippen LogP contribution in [0.4, 0.5) is 0 Å². The number of ether oxygens (including phenoxy) is 1. The lowest BCUT2D eigenvalue weighted by Crippen LogP contribution is -2.40. The van der Waals surface area contributed by atoms with Crippen molar-refractivity contribution in [3.05, 3.63) is 32.6 Å². The van der Waals surface area contributed by atoms with Crippen molar-refractivity contribution in [2.45, 2.75) is 31.5 Å². The maximum Gasteiger partial charge on any atom is 0.365 e.